The van der Waals surface area contributed by atoms with Gasteiger partial charge in [-0.05, 0) is 26.7 Å². The Morgan fingerprint density at radius 1 is 1.53 bits per heavy atom. The van der Waals surface area contributed by atoms with Gasteiger partial charge in [-0.3, -0.25) is 14.8 Å². The molecule has 1 atom stereocenters. The van der Waals surface area contributed by atoms with E-state index in [1.807, 2.05) is 13.1 Å². The molecule has 0 aromatic carbocycles. The fraction of sp³-hybridized carbons (Fsp3) is 0.583. The van der Waals surface area contributed by atoms with Crippen molar-refractivity contribution in [2.24, 2.45) is 0 Å². The number of aryl methyl sites for hydroxylation is 1. The van der Waals surface area contributed by atoms with Crippen molar-refractivity contribution in [2.45, 2.75) is 45.3 Å². The summed E-state index contributed by atoms with van der Waals surface area (Å²) in [7, 11) is 0. The zero-order valence-electron chi connectivity index (χ0n) is 11.1. The fourth-order valence-electron chi connectivity index (χ4n) is 1.60. The predicted molar refractivity (Wildman–Crippen MR) is 70.7 cm³/mol. The molecule has 7 heteroatoms. The summed E-state index contributed by atoms with van der Waals surface area (Å²) in [6.07, 6.45) is 5.45. The lowest BCUT2D eigenvalue weighted by Gasteiger charge is -2.13. The van der Waals surface area contributed by atoms with Crippen molar-refractivity contribution in [3.05, 3.63) is 12.4 Å². The van der Waals surface area contributed by atoms with Crippen molar-refractivity contribution in [3.63, 3.8) is 0 Å². The van der Waals surface area contributed by atoms with Crippen LogP contribution in [-0.2, 0) is 11.3 Å². The first-order chi connectivity index (χ1) is 9.08. The molecule has 7 nitrogen and oxygen atoms in total. The Labute approximate surface area is 111 Å². The van der Waals surface area contributed by atoms with Crippen LogP contribution in [0.3, 0.4) is 0 Å². The average Bonchev–Trinajstić information content (AvgIpc) is 3.05. The van der Waals surface area contributed by atoms with Gasteiger partial charge in [-0.2, -0.15) is 5.10 Å². The monoisotopic (exact) mass is 265 g/mol. The Morgan fingerprint density at radius 3 is 2.84 bits per heavy atom. The molecule has 0 unspecified atom stereocenters. The number of imide groups is 1. The highest BCUT2D eigenvalue weighted by Gasteiger charge is 2.24. The second kappa shape index (κ2) is 5.73. The number of carbonyl (C=O) groups excluding carboxylic acids is 2. The molecule has 1 fully saturated rings. The number of nitrogens with zero attached hydrogens (tertiary/aromatic N) is 2. The number of anilines is 1. The van der Waals surface area contributed by atoms with E-state index in [1.54, 1.807) is 17.8 Å². The van der Waals surface area contributed by atoms with Gasteiger partial charge in [0.1, 0.15) is 6.04 Å². The van der Waals surface area contributed by atoms with Crippen LogP contribution in [0, 0.1) is 0 Å². The van der Waals surface area contributed by atoms with Gasteiger partial charge in [0.2, 0.25) is 5.91 Å². The van der Waals surface area contributed by atoms with Gasteiger partial charge in [-0.1, -0.05) is 0 Å². The number of carbonyl (C=O) groups is 2. The maximum atomic E-state index is 11.8. The summed E-state index contributed by atoms with van der Waals surface area (Å²) in [5, 5.41) is 12.1. The molecular weight excluding hydrogens is 246 g/mol. The smallest absolute Gasteiger partial charge is 0.321 e. The standard InChI is InChI=1S/C12H19N5O2/c1-3-17-7-10(6-13-17)14-8(2)11(18)16-12(19)15-9-4-5-9/h6-9,14H,3-5H2,1-2H3,(H2,15,16,18,19)/t8-/m0/s1. The lowest BCUT2D eigenvalue weighted by Crippen LogP contribution is -2.46. The Hall–Kier alpha value is -2.05. The maximum absolute atomic E-state index is 11.8. The minimum absolute atomic E-state index is 0.235. The molecule has 104 valence electrons. The van der Waals surface area contributed by atoms with Gasteiger partial charge >= 0.3 is 6.03 Å². The minimum Gasteiger partial charge on any atom is -0.371 e. The first-order valence-electron chi connectivity index (χ1n) is 6.49. The van der Waals surface area contributed by atoms with Gasteiger partial charge in [0, 0.05) is 18.8 Å². The number of aromatic nitrogens is 2. The van der Waals surface area contributed by atoms with Gasteiger partial charge in [0.15, 0.2) is 0 Å². The van der Waals surface area contributed by atoms with Crippen LogP contribution in [0.25, 0.3) is 0 Å². The van der Waals surface area contributed by atoms with Crippen LogP contribution in [0.1, 0.15) is 26.7 Å². The van der Waals surface area contributed by atoms with Crippen molar-refractivity contribution in [2.75, 3.05) is 5.32 Å². The fourth-order valence-corrected chi connectivity index (χ4v) is 1.60. The molecule has 1 aromatic rings. The van der Waals surface area contributed by atoms with Crippen molar-refractivity contribution < 1.29 is 9.59 Å². The molecule has 0 radical (unpaired) electrons. The van der Waals surface area contributed by atoms with E-state index in [4.69, 9.17) is 0 Å². The summed E-state index contributed by atoms with van der Waals surface area (Å²) >= 11 is 0. The van der Waals surface area contributed by atoms with Gasteiger partial charge in [-0.25, -0.2) is 4.79 Å². The van der Waals surface area contributed by atoms with E-state index >= 15 is 0 Å². The normalized spacial score (nSPS) is 15.7. The van der Waals surface area contributed by atoms with Crippen molar-refractivity contribution in [1.29, 1.82) is 0 Å². The van der Waals surface area contributed by atoms with Crippen LogP contribution < -0.4 is 16.0 Å². The zero-order chi connectivity index (χ0) is 13.8. The van der Waals surface area contributed by atoms with E-state index in [-0.39, 0.29) is 11.9 Å². The molecule has 0 aliphatic heterocycles. The van der Waals surface area contributed by atoms with Crippen LogP contribution in [0.5, 0.6) is 0 Å². The SMILES string of the molecule is CCn1cc(N[C@@H](C)C(=O)NC(=O)NC2CC2)cn1. The maximum Gasteiger partial charge on any atom is 0.321 e. The third kappa shape index (κ3) is 3.97. The molecule has 3 N–H and O–H groups in total. The first-order valence-corrected chi connectivity index (χ1v) is 6.49. The summed E-state index contributed by atoms with van der Waals surface area (Å²) in [6, 6.07) is -0.691. The largest absolute Gasteiger partial charge is 0.371 e. The lowest BCUT2D eigenvalue weighted by molar-refractivity contribution is -0.120. The highest BCUT2D eigenvalue weighted by Crippen LogP contribution is 2.18. The van der Waals surface area contributed by atoms with Crippen LogP contribution in [0.2, 0.25) is 0 Å². The third-order valence-corrected chi connectivity index (χ3v) is 2.88. The van der Waals surface area contributed by atoms with Crippen molar-refractivity contribution in [3.8, 4) is 0 Å². The highest BCUT2D eigenvalue weighted by atomic mass is 16.2. The molecule has 0 bridgehead atoms. The molecule has 1 saturated carbocycles. The molecule has 19 heavy (non-hydrogen) atoms. The van der Waals surface area contributed by atoms with E-state index in [2.05, 4.69) is 21.0 Å². The van der Waals surface area contributed by atoms with E-state index in [0.29, 0.717) is 0 Å². The van der Waals surface area contributed by atoms with Gasteiger partial charge in [0.05, 0.1) is 11.9 Å². The Morgan fingerprint density at radius 2 is 2.26 bits per heavy atom. The summed E-state index contributed by atoms with van der Waals surface area (Å²) < 4.78 is 1.76. The first kappa shape index (κ1) is 13.4. The molecule has 1 aromatic heterocycles. The van der Waals surface area contributed by atoms with E-state index in [1.165, 1.54) is 0 Å². The van der Waals surface area contributed by atoms with Crippen LogP contribution in [0.4, 0.5) is 10.5 Å². The summed E-state index contributed by atoms with van der Waals surface area (Å²) in [4.78, 5) is 23.2. The summed E-state index contributed by atoms with van der Waals surface area (Å²) in [5.74, 6) is -0.359. The Kier molecular flexibility index (Phi) is 4.03. The van der Waals surface area contributed by atoms with Crippen LogP contribution >= 0.6 is 0 Å². The van der Waals surface area contributed by atoms with E-state index < -0.39 is 12.1 Å². The number of urea groups is 1. The number of amides is 3. The number of nitrogens with one attached hydrogen (secondary N) is 3. The molecule has 1 aliphatic carbocycles. The summed E-state index contributed by atoms with van der Waals surface area (Å²) in [5.41, 5.74) is 0.757. The average molecular weight is 265 g/mol. The minimum atomic E-state index is -0.501. The van der Waals surface area contributed by atoms with Crippen LogP contribution in [0.15, 0.2) is 12.4 Å². The Bertz CT molecular complexity index is 466. The summed E-state index contributed by atoms with van der Waals surface area (Å²) in [6.45, 7) is 4.45. The van der Waals surface area contributed by atoms with Gasteiger partial charge in [-0.15, -0.1) is 0 Å². The topological polar surface area (TPSA) is 88.0 Å². The molecular formula is C12H19N5O2. The van der Waals surface area contributed by atoms with Gasteiger partial charge < -0.3 is 10.6 Å². The number of rotatable bonds is 5. The molecule has 3 amide bonds. The van der Waals surface area contributed by atoms with E-state index in [9.17, 15) is 9.59 Å². The molecule has 2 rings (SSSR count). The molecule has 0 saturated heterocycles. The molecule has 1 aliphatic rings. The highest BCUT2D eigenvalue weighted by molar-refractivity contribution is 5.98. The van der Waals surface area contributed by atoms with Crippen molar-refractivity contribution in [1.82, 2.24) is 20.4 Å². The second-order valence-electron chi connectivity index (χ2n) is 4.69. The predicted octanol–water partition coefficient (Wildman–Crippen LogP) is 0.692. The lowest BCUT2D eigenvalue weighted by atomic mass is 10.3. The molecule has 1 heterocycles. The number of hydrogen-bond donors (Lipinski definition) is 3. The number of hydrogen-bond acceptors (Lipinski definition) is 4. The third-order valence-electron chi connectivity index (χ3n) is 2.88. The molecule has 0 spiro atoms. The van der Waals surface area contributed by atoms with E-state index in [0.717, 1.165) is 25.1 Å². The second-order valence-corrected chi connectivity index (χ2v) is 4.69. The zero-order valence-corrected chi connectivity index (χ0v) is 11.1. The van der Waals surface area contributed by atoms with Crippen LogP contribution in [-0.4, -0.2) is 33.8 Å². The van der Waals surface area contributed by atoms with Gasteiger partial charge in [0.25, 0.3) is 0 Å². The van der Waals surface area contributed by atoms with Crippen molar-refractivity contribution >= 4 is 17.6 Å². The quantitative estimate of drug-likeness (QED) is 0.731. The Balaban J connectivity index is 1.79.